The average Bonchev–Trinajstić information content (AvgIpc) is 3.30. The van der Waals surface area contributed by atoms with Crippen molar-refractivity contribution in [1.82, 2.24) is 19.6 Å². The van der Waals surface area contributed by atoms with Gasteiger partial charge in [-0.25, -0.2) is 0 Å². The number of hydrogen-bond acceptors (Lipinski definition) is 4. The molecule has 0 unspecified atom stereocenters. The van der Waals surface area contributed by atoms with Crippen LogP contribution in [0.15, 0.2) is 0 Å². The molecule has 4 heteroatoms. The molecule has 0 aromatic rings. The van der Waals surface area contributed by atoms with E-state index in [-0.39, 0.29) is 0 Å². The van der Waals surface area contributed by atoms with Crippen LogP contribution in [-0.4, -0.2) is 92.1 Å². The smallest absolute Gasteiger partial charge is 0.0244 e. The van der Waals surface area contributed by atoms with Crippen LogP contribution in [0.5, 0.6) is 0 Å². The SMILES string of the molecule is CC(C)(C)N1C[C@@H]2C[C@H]1CN2C(C)(C)C.CC(C)(C)N1C[C@H]2C[C@@H]1CN2C(C)(C)C. The molecule has 176 valence electrons. The van der Waals surface area contributed by atoms with Gasteiger partial charge in [-0.1, -0.05) is 0 Å². The van der Waals surface area contributed by atoms with E-state index in [0.29, 0.717) is 22.2 Å². The summed E-state index contributed by atoms with van der Waals surface area (Å²) in [7, 11) is 0. The first-order valence-corrected chi connectivity index (χ1v) is 12.5. The van der Waals surface area contributed by atoms with E-state index < -0.39 is 0 Å². The number of hydrogen-bond donors (Lipinski definition) is 0. The van der Waals surface area contributed by atoms with E-state index in [0.717, 1.165) is 24.2 Å². The minimum Gasteiger partial charge on any atom is -0.293 e. The Morgan fingerprint density at radius 3 is 0.633 bits per heavy atom. The van der Waals surface area contributed by atoms with Crippen LogP contribution < -0.4 is 0 Å². The van der Waals surface area contributed by atoms with Crippen molar-refractivity contribution in [3.63, 3.8) is 0 Å². The first-order chi connectivity index (χ1) is 13.4. The molecule has 0 aromatic carbocycles. The Kier molecular flexibility index (Phi) is 6.29. The summed E-state index contributed by atoms with van der Waals surface area (Å²) in [6.45, 7) is 33.2. The van der Waals surface area contributed by atoms with Gasteiger partial charge in [0.25, 0.3) is 0 Å². The van der Waals surface area contributed by atoms with Crippen molar-refractivity contribution in [2.75, 3.05) is 26.2 Å². The largest absolute Gasteiger partial charge is 0.293 e. The maximum Gasteiger partial charge on any atom is 0.0244 e. The van der Waals surface area contributed by atoms with Gasteiger partial charge < -0.3 is 0 Å². The number of rotatable bonds is 0. The van der Waals surface area contributed by atoms with Crippen molar-refractivity contribution in [3.8, 4) is 0 Å². The highest BCUT2D eigenvalue weighted by atomic mass is 15.4. The summed E-state index contributed by atoms with van der Waals surface area (Å²) in [6, 6.07) is 3.20. The van der Waals surface area contributed by atoms with E-state index in [1.54, 1.807) is 0 Å². The van der Waals surface area contributed by atoms with Crippen molar-refractivity contribution in [1.29, 1.82) is 0 Å². The molecule has 4 rings (SSSR count). The molecule has 0 N–H and O–H groups in total. The second-order valence-electron chi connectivity index (χ2n) is 14.4. The summed E-state index contributed by atoms with van der Waals surface area (Å²) < 4.78 is 0. The first-order valence-electron chi connectivity index (χ1n) is 12.5. The van der Waals surface area contributed by atoms with Gasteiger partial charge in [-0.15, -0.1) is 0 Å². The minimum absolute atomic E-state index is 0.351. The van der Waals surface area contributed by atoms with Crippen molar-refractivity contribution in [2.24, 2.45) is 0 Å². The molecule has 4 fully saturated rings. The highest BCUT2D eigenvalue weighted by Gasteiger charge is 2.50. The predicted molar refractivity (Wildman–Crippen MR) is 130 cm³/mol. The minimum atomic E-state index is 0.351. The number of nitrogens with zero attached hydrogens (tertiary/aromatic N) is 4. The van der Waals surface area contributed by atoms with Gasteiger partial charge >= 0.3 is 0 Å². The Labute approximate surface area is 188 Å². The molecule has 4 aliphatic rings. The van der Waals surface area contributed by atoms with Gasteiger partial charge in [0.15, 0.2) is 0 Å². The lowest BCUT2D eigenvalue weighted by Gasteiger charge is -2.46. The van der Waals surface area contributed by atoms with Crippen LogP contribution in [0, 0.1) is 0 Å². The predicted octanol–water partition coefficient (Wildman–Crippen LogP) is 4.68. The van der Waals surface area contributed by atoms with E-state index in [4.69, 9.17) is 0 Å². The molecule has 30 heavy (non-hydrogen) atoms. The molecule has 4 bridgehead atoms. The van der Waals surface area contributed by atoms with E-state index in [9.17, 15) is 0 Å². The molecule has 0 amide bonds. The van der Waals surface area contributed by atoms with Crippen molar-refractivity contribution in [2.45, 2.75) is 142 Å². The van der Waals surface area contributed by atoms with Gasteiger partial charge in [0.1, 0.15) is 0 Å². The first kappa shape index (κ1) is 24.5. The summed E-state index contributed by atoms with van der Waals surface area (Å²) in [4.78, 5) is 10.8. The zero-order valence-corrected chi connectivity index (χ0v) is 22.3. The highest BCUT2D eigenvalue weighted by molar-refractivity contribution is 5.07. The molecule has 4 nitrogen and oxygen atoms in total. The van der Waals surface area contributed by atoms with E-state index >= 15 is 0 Å². The molecular formula is C26H52N4. The van der Waals surface area contributed by atoms with Gasteiger partial charge in [0, 0.05) is 72.5 Å². The third kappa shape index (κ3) is 4.92. The molecule has 0 aromatic heterocycles. The summed E-state index contributed by atoms with van der Waals surface area (Å²) >= 11 is 0. The zero-order chi connectivity index (χ0) is 22.9. The molecule has 4 heterocycles. The van der Waals surface area contributed by atoms with Crippen LogP contribution >= 0.6 is 0 Å². The second kappa shape index (κ2) is 7.71. The van der Waals surface area contributed by atoms with Crippen LogP contribution in [0.25, 0.3) is 0 Å². The Morgan fingerprint density at radius 2 is 0.533 bits per heavy atom. The van der Waals surface area contributed by atoms with Gasteiger partial charge in [-0.05, 0) is 95.9 Å². The fraction of sp³-hybridized carbons (Fsp3) is 1.00. The third-order valence-corrected chi connectivity index (χ3v) is 7.93. The second-order valence-corrected chi connectivity index (χ2v) is 14.4. The average molecular weight is 421 g/mol. The highest BCUT2D eigenvalue weighted by Crippen LogP contribution is 2.39. The van der Waals surface area contributed by atoms with Crippen LogP contribution in [-0.2, 0) is 0 Å². The summed E-state index contributed by atoms with van der Waals surface area (Å²) in [5, 5.41) is 0. The third-order valence-electron chi connectivity index (χ3n) is 7.93. The number of fused-ring (bicyclic) bond motifs is 4. The van der Waals surface area contributed by atoms with Gasteiger partial charge in [0.05, 0.1) is 0 Å². The molecule has 0 saturated carbocycles. The lowest BCUT2D eigenvalue weighted by atomic mass is 10.0. The molecule has 0 spiro atoms. The van der Waals surface area contributed by atoms with Gasteiger partial charge in [-0.2, -0.15) is 0 Å². The Hall–Kier alpha value is -0.160. The maximum atomic E-state index is 2.69. The molecule has 4 saturated heterocycles. The maximum absolute atomic E-state index is 2.69. The quantitative estimate of drug-likeness (QED) is 0.564. The molecule has 4 aliphatic heterocycles. The summed E-state index contributed by atoms with van der Waals surface area (Å²) in [5.74, 6) is 0. The van der Waals surface area contributed by atoms with Crippen molar-refractivity contribution >= 4 is 0 Å². The summed E-state index contributed by atoms with van der Waals surface area (Å²) in [6.07, 6.45) is 2.77. The monoisotopic (exact) mass is 420 g/mol. The standard InChI is InChI=1S/2C13H26N2/c2*1-12(2,3)14-8-11-7-10(14)9-15(11)13(4,5)6/h2*10-11H,7-9H2,1-6H3/t2*10-,11-/m10/s1. The van der Waals surface area contributed by atoms with Crippen LogP contribution in [0.3, 0.4) is 0 Å². The van der Waals surface area contributed by atoms with Crippen LogP contribution in [0.4, 0.5) is 0 Å². The fourth-order valence-electron chi connectivity index (χ4n) is 6.62. The topological polar surface area (TPSA) is 13.0 Å². The lowest BCUT2D eigenvalue weighted by Crippen LogP contribution is -2.57. The molecule has 4 atom stereocenters. The van der Waals surface area contributed by atoms with Gasteiger partial charge in [0.2, 0.25) is 0 Å². The number of piperazine rings is 2. The summed E-state index contributed by atoms with van der Waals surface area (Å²) in [5.41, 5.74) is 1.40. The normalized spacial score (nSPS) is 34.0. The number of likely N-dealkylation sites (tertiary alicyclic amines) is 4. The molecule has 0 aliphatic carbocycles. The van der Waals surface area contributed by atoms with Crippen LogP contribution in [0.2, 0.25) is 0 Å². The van der Waals surface area contributed by atoms with E-state index in [2.05, 4.69) is 103 Å². The molecular weight excluding hydrogens is 368 g/mol. The van der Waals surface area contributed by atoms with Crippen LogP contribution in [0.1, 0.15) is 95.9 Å². The molecule has 0 radical (unpaired) electrons. The van der Waals surface area contributed by atoms with Crippen molar-refractivity contribution in [3.05, 3.63) is 0 Å². The van der Waals surface area contributed by atoms with E-state index in [1.807, 2.05) is 0 Å². The van der Waals surface area contributed by atoms with Crippen molar-refractivity contribution < 1.29 is 0 Å². The van der Waals surface area contributed by atoms with Gasteiger partial charge in [-0.3, -0.25) is 19.6 Å². The fourth-order valence-corrected chi connectivity index (χ4v) is 6.62. The Balaban J connectivity index is 0.000000171. The zero-order valence-electron chi connectivity index (χ0n) is 22.3. The van der Waals surface area contributed by atoms with E-state index in [1.165, 1.54) is 39.0 Å². The lowest BCUT2D eigenvalue weighted by molar-refractivity contribution is 0.0179. The Morgan fingerprint density at radius 1 is 0.367 bits per heavy atom. The Bertz CT molecular complexity index is 494.